The standard InChI is InChI=1S/C14H23N3O4/c1-8(2)11(16-14(20)21-9(3)4)13(19)17-7-5-6-10(17)12(15)18/h8,10-11H,3,5-7H2,1-2,4H3,(H2,15,18)(H,16,20)/t10-,11-/m0/s1. The molecule has 3 amide bonds. The van der Waals surface area contributed by atoms with Gasteiger partial charge >= 0.3 is 6.09 Å². The minimum atomic E-state index is -0.767. The molecule has 1 aliphatic heterocycles. The van der Waals surface area contributed by atoms with Gasteiger partial charge in [0.15, 0.2) is 0 Å². The zero-order chi connectivity index (χ0) is 16.2. The Kier molecular flexibility index (Phi) is 5.75. The van der Waals surface area contributed by atoms with Crippen LogP contribution in [0, 0.1) is 5.92 Å². The lowest BCUT2D eigenvalue weighted by Crippen LogP contribution is -2.54. The zero-order valence-corrected chi connectivity index (χ0v) is 12.7. The molecule has 0 unspecified atom stereocenters. The number of hydrogen-bond acceptors (Lipinski definition) is 4. The molecule has 7 nitrogen and oxygen atoms in total. The van der Waals surface area contributed by atoms with E-state index in [0.29, 0.717) is 13.0 Å². The molecular weight excluding hydrogens is 274 g/mol. The second kappa shape index (κ2) is 7.10. The van der Waals surface area contributed by atoms with Crippen molar-refractivity contribution >= 4 is 17.9 Å². The largest absolute Gasteiger partial charge is 0.416 e. The molecule has 21 heavy (non-hydrogen) atoms. The highest BCUT2D eigenvalue weighted by Gasteiger charge is 2.37. The molecular formula is C14H23N3O4. The SMILES string of the molecule is C=C(C)OC(=O)N[C@H](C(=O)N1CCC[C@H]1C(N)=O)C(C)C. The summed E-state index contributed by atoms with van der Waals surface area (Å²) in [6.45, 7) is 9.08. The van der Waals surface area contributed by atoms with Crippen molar-refractivity contribution in [1.82, 2.24) is 10.2 Å². The Hall–Kier alpha value is -2.05. The van der Waals surface area contributed by atoms with E-state index in [9.17, 15) is 14.4 Å². The van der Waals surface area contributed by atoms with E-state index in [1.54, 1.807) is 13.8 Å². The van der Waals surface area contributed by atoms with E-state index in [1.165, 1.54) is 11.8 Å². The third kappa shape index (κ3) is 4.47. The van der Waals surface area contributed by atoms with Crippen LogP contribution in [0.2, 0.25) is 0 Å². The highest BCUT2D eigenvalue weighted by Crippen LogP contribution is 2.20. The average Bonchev–Trinajstić information content (AvgIpc) is 2.83. The van der Waals surface area contributed by atoms with E-state index in [0.717, 1.165) is 6.42 Å². The van der Waals surface area contributed by atoms with Gasteiger partial charge in [-0.1, -0.05) is 20.4 Å². The molecule has 1 fully saturated rings. The van der Waals surface area contributed by atoms with Crippen LogP contribution in [-0.2, 0) is 14.3 Å². The Morgan fingerprint density at radius 3 is 2.48 bits per heavy atom. The molecule has 7 heteroatoms. The number of likely N-dealkylation sites (tertiary alicyclic amines) is 1. The van der Waals surface area contributed by atoms with Gasteiger partial charge in [0.2, 0.25) is 11.8 Å². The molecule has 1 aliphatic rings. The number of nitrogens with two attached hydrogens (primary N) is 1. The van der Waals surface area contributed by atoms with Crippen LogP contribution >= 0.6 is 0 Å². The fraction of sp³-hybridized carbons (Fsp3) is 0.643. The van der Waals surface area contributed by atoms with Crippen LogP contribution in [-0.4, -0.2) is 41.4 Å². The van der Waals surface area contributed by atoms with E-state index in [4.69, 9.17) is 10.5 Å². The third-order valence-electron chi connectivity index (χ3n) is 3.34. The van der Waals surface area contributed by atoms with E-state index >= 15 is 0 Å². The third-order valence-corrected chi connectivity index (χ3v) is 3.34. The fourth-order valence-electron chi connectivity index (χ4n) is 2.33. The number of allylic oxidation sites excluding steroid dienone is 1. The van der Waals surface area contributed by atoms with E-state index in [1.807, 2.05) is 0 Å². The maximum atomic E-state index is 12.5. The van der Waals surface area contributed by atoms with E-state index in [-0.39, 0.29) is 17.6 Å². The van der Waals surface area contributed by atoms with Gasteiger partial charge in [0.25, 0.3) is 0 Å². The molecule has 118 valence electrons. The van der Waals surface area contributed by atoms with Crippen LogP contribution in [0.15, 0.2) is 12.3 Å². The Morgan fingerprint density at radius 2 is 2.00 bits per heavy atom. The average molecular weight is 297 g/mol. The number of rotatable bonds is 5. The number of primary amides is 1. The molecule has 0 aromatic carbocycles. The minimum Gasteiger partial charge on any atom is -0.416 e. The highest BCUT2D eigenvalue weighted by atomic mass is 16.6. The van der Waals surface area contributed by atoms with E-state index < -0.39 is 24.1 Å². The number of carbonyl (C=O) groups is 3. The summed E-state index contributed by atoms with van der Waals surface area (Å²) >= 11 is 0. The van der Waals surface area contributed by atoms with Crippen LogP contribution < -0.4 is 11.1 Å². The molecule has 2 atom stereocenters. The number of hydrogen-bond donors (Lipinski definition) is 2. The first-order valence-corrected chi connectivity index (χ1v) is 6.97. The van der Waals surface area contributed by atoms with Crippen LogP contribution in [0.3, 0.4) is 0 Å². The van der Waals surface area contributed by atoms with Crippen LogP contribution in [0.25, 0.3) is 0 Å². The van der Waals surface area contributed by atoms with Crippen molar-refractivity contribution in [2.24, 2.45) is 11.7 Å². The van der Waals surface area contributed by atoms with Crippen molar-refractivity contribution in [2.75, 3.05) is 6.54 Å². The Labute approximate surface area is 124 Å². The number of amides is 3. The van der Waals surface area contributed by atoms with Crippen molar-refractivity contribution in [3.05, 3.63) is 12.3 Å². The Bertz CT molecular complexity index is 448. The first kappa shape index (κ1) is 17.0. The van der Waals surface area contributed by atoms with Crippen molar-refractivity contribution in [3.8, 4) is 0 Å². The molecule has 0 bridgehead atoms. The summed E-state index contributed by atoms with van der Waals surface area (Å²) in [4.78, 5) is 37.0. The molecule has 0 radical (unpaired) electrons. The molecule has 1 saturated heterocycles. The van der Waals surface area contributed by atoms with E-state index in [2.05, 4.69) is 11.9 Å². The van der Waals surface area contributed by atoms with Crippen LogP contribution in [0.4, 0.5) is 4.79 Å². The van der Waals surface area contributed by atoms with Gasteiger partial charge in [0, 0.05) is 6.54 Å². The van der Waals surface area contributed by atoms with Gasteiger partial charge in [-0.05, 0) is 25.7 Å². The number of ether oxygens (including phenoxy) is 1. The first-order chi connectivity index (χ1) is 9.73. The topological polar surface area (TPSA) is 102 Å². The second-order valence-electron chi connectivity index (χ2n) is 5.55. The summed E-state index contributed by atoms with van der Waals surface area (Å²) in [5.74, 6) is -0.749. The van der Waals surface area contributed by atoms with Crippen molar-refractivity contribution in [2.45, 2.75) is 45.7 Å². The monoisotopic (exact) mass is 297 g/mol. The smallest absolute Gasteiger partial charge is 0.412 e. The lowest BCUT2D eigenvalue weighted by molar-refractivity contribution is -0.139. The summed E-state index contributed by atoms with van der Waals surface area (Å²) in [5, 5.41) is 2.52. The lowest BCUT2D eigenvalue weighted by atomic mass is 10.0. The molecule has 0 saturated carbocycles. The lowest BCUT2D eigenvalue weighted by Gasteiger charge is -2.29. The van der Waals surface area contributed by atoms with Gasteiger partial charge in [-0.15, -0.1) is 0 Å². The van der Waals surface area contributed by atoms with Crippen molar-refractivity contribution in [1.29, 1.82) is 0 Å². The number of nitrogens with one attached hydrogen (secondary N) is 1. The summed E-state index contributed by atoms with van der Waals surface area (Å²) in [5.41, 5.74) is 5.31. The predicted octanol–water partition coefficient (Wildman–Crippen LogP) is 0.747. The first-order valence-electron chi connectivity index (χ1n) is 6.97. The maximum Gasteiger partial charge on any atom is 0.412 e. The van der Waals surface area contributed by atoms with Gasteiger partial charge in [-0.3, -0.25) is 9.59 Å². The van der Waals surface area contributed by atoms with Crippen molar-refractivity contribution < 1.29 is 19.1 Å². The van der Waals surface area contributed by atoms with Crippen molar-refractivity contribution in [3.63, 3.8) is 0 Å². The fourth-order valence-corrected chi connectivity index (χ4v) is 2.33. The van der Waals surface area contributed by atoms with Gasteiger partial charge in [0.1, 0.15) is 12.1 Å². The van der Waals surface area contributed by atoms with Gasteiger partial charge < -0.3 is 20.7 Å². The minimum absolute atomic E-state index is 0.149. The quantitative estimate of drug-likeness (QED) is 0.731. The number of carbonyl (C=O) groups excluding carboxylic acids is 3. The predicted molar refractivity (Wildman–Crippen MR) is 77.0 cm³/mol. The second-order valence-corrected chi connectivity index (χ2v) is 5.55. The number of alkyl carbamates (subject to hydrolysis) is 1. The summed E-state index contributed by atoms with van der Waals surface area (Å²) in [6, 6.07) is -1.37. The molecule has 0 aliphatic carbocycles. The summed E-state index contributed by atoms with van der Waals surface area (Å²) in [7, 11) is 0. The molecule has 0 spiro atoms. The highest BCUT2D eigenvalue weighted by molar-refractivity contribution is 5.91. The van der Waals surface area contributed by atoms with Gasteiger partial charge in [-0.2, -0.15) is 0 Å². The van der Waals surface area contributed by atoms with Gasteiger partial charge in [0.05, 0.1) is 5.76 Å². The molecule has 0 aromatic rings. The molecule has 1 rings (SSSR count). The maximum absolute atomic E-state index is 12.5. The molecule has 1 heterocycles. The van der Waals surface area contributed by atoms with Gasteiger partial charge in [-0.25, -0.2) is 4.79 Å². The molecule has 3 N–H and O–H groups in total. The summed E-state index contributed by atoms with van der Waals surface area (Å²) in [6.07, 6.45) is 0.548. The number of nitrogens with zero attached hydrogens (tertiary/aromatic N) is 1. The van der Waals surface area contributed by atoms with Crippen LogP contribution in [0.1, 0.15) is 33.6 Å². The zero-order valence-electron chi connectivity index (χ0n) is 12.7. The van der Waals surface area contributed by atoms with Crippen LogP contribution in [0.5, 0.6) is 0 Å². The Balaban J connectivity index is 2.80. The normalized spacial score (nSPS) is 19.2. The summed E-state index contributed by atoms with van der Waals surface area (Å²) < 4.78 is 4.81. The Morgan fingerprint density at radius 1 is 1.38 bits per heavy atom. The molecule has 0 aromatic heterocycles.